The molecule has 0 aliphatic heterocycles. The summed E-state index contributed by atoms with van der Waals surface area (Å²) in [7, 11) is 0. The first-order chi connectivity index (χ1) is 11.6. The van der Waals surface area contributed by atoms with Crippen molar-refractivity contribution in [3.63, 3.8) is 0 Å². The van der Waals surface area contributed by atoms with Gasteiger partial charge in [-0.05, 0) is 45.0 Å². The number of nitrogens with one attached hydrogen (secondary N) is 1. The normalized spacial score (nSPS) is 12.4. The predicted molar refractivity (Wildman–Crippen MR) is 86.7 cm³/mol. The van der Waals surface area contributed by atoms with Crippen LogP contribution in [0.25, 0.3) is 11.0 Å². The second kappa shape index (κ2) is 5.91. The van der Waals surface area contributed by atoms with Crippen molar-refractivity contribution < 1.29 is 17.9 Å². The number of nitrogens with zero attached hydrogens (tertiary/aromatic N) is 4. The summed E-state index contributed by atoms with van der Waals surface area (Å²) < 4.78 is 42.2. The second-order valence-corrected chi connectivity index (χ2v) is 6.40. The van der Waals surface area contributed by atoms with E-state index < -0.39 is 6.36 Å². The maximum Gasteiger partial charge on any atom is 0.573 e. The molecule has 0 saturated carbocycles. The molecule has 0 unspecified atom stereocenters. The van der Waals surface area contributed by atoms with Gasteiger partial charge in [-0.2, -0.15) is 5.10 Å². The maximum atomic E-state index is 12.2. The van der Waals surface area contributed by atoms with Crippen molar-refractivity contribution in [2.45, 2.75) is 32.7 Å². The molecular formula is C16H16F3N5O. The van der Waals surface area contributed by atoms with Crippen LogP contribution < -0.4 is 10.1 Å². The SMILES string of the molecule is CC(C)(C)n1cc2c(Nc3ccc(OC(F)(F)F)cc3)ncnc2n1. The number of rotatable bonds is 3. The fraction of sp³-hybridized carbons (Fsp3) is 0.312. The lowest BCUT2D eigenvalue weighted by Crippen LogP contribution is -2.21. The number of hydrogen-bond donors (Lipinski definition) is 1. The lowest BCUT2D eigenvalue weighted by molar-refractivity contribution is -0.274. The first-order valence-electron chi connectivity index (χ1n) is 7.45. The smallest absolute Gasteiger partial charge is 0.406 e. The summed E-state index contributed by atoms with van der Waals surface area (Å²) in [5.41, 5.74) is 0.886. The van der Waals surface area contributed by atoms with Gasteiger partial charge in [0.2, 0.25) is 0 Å². The quantitative estimate of drug-likeness (QED) is 0.765. The van der Waals surface area contributed by atoms with Crippen molar-refractivity contribution in [3.05, 3.63) is 36.8 Å². The monoisotopic (exact) mass is 351 g/mol. The Labute approximate surface area is 141 Å². The predicted octanol–water partition coefficient (Wildman–Crippen LogP) is 4.22. The molecule has 2 heterocycles. The third-order valence-corrected chi connectivity index (χ3v) is 3.35. The van der Waals surface area contributed by atoms with Crippen LogP contribution in [0.3, 0.4) is 0 Å². The average molecular weight is 351 g/mol. The van der Waals surface area contributed by atoms with Crippen LogP contribution in [0.15, 0.2) is 36.8 Å². The van der Waals surface area contributed by atoms with Crippen molar-refractivity contribution >= 4 is 22.5 Å². The van der Waals surface area contributed by atoms with Crippen molar-refractivity contribution in [3.8, 4) is 5.75 Å². The molecule has 3 aromatic rings. The molecular weight excluding hydrogens is 335 g/mol. The van der Waals surface area contributed by atoms with Gasteiger partial charge in [0.1, 0.15) is 17.9 Å². The summed E-state index contributed by atoms with van der Waals surface area (Å²) in [5, 5.41) is 8.20. The Morgan fingerprint density at radius 3 is 2.32 bits per heavy atom. The van der Waals surface area contributed by atoms with Crippen molar-refractivity contribution in [1.82, 2.24) is 19.7 Å². The highest BCUT2D eigenvalue weighted by molar-refractivity contribution is 5.87. The molecule has 0 fully saturated rings. The van der Waals surface area contributed by atoms with Crippen molar-refractivity contribution in [1.29, 1.82) is 0 Å². The molecule has 0 bridgehead atoms. The van der Waals surface area contributed by atoms with Crippen LogP contribution in [0, 0.1) is 0 Å². The number of hydrogen-bond acceptors (Lipinski definition) is 5. The van der Waals surface area contributed by atoms with E-state index >= 15 is 0 Å². The van der Waals surface area contributed by atoms with Gasteiger partial charge in [0.25, 0.3) is 0 Å². The van der Waals surface area contributed by atoms with Crippen LogP contribution in [0.2, 0.25) is 0 Å². The second-order valence-electron chi connectivity index (χ2n) is 6.40. The summed E-state index contributed by atoms with van der Waals surface area (Å²) in [6, 6.07) is 5.41. The van der Waals surface area contributed by atoms with Crippen LogP contribution in [0.5, 0.6) is 5.75 Å². The first-order valence-corrected chi connectivity index (χ1v) is 7.45. The molecule has 0 amide bonds. The van der Waals surface area contributed by atoms with E-state index in [0.717, 1.165) is 0 Å². The number of fused-ring (bicyclic) bond motifs is 1. The number of anilines is 2. The molecule has 0 aliphatic carbocycles. The van der Waals surface area contributed by atoms with E-state index in [1.807, 2.05) is 27.0 Å². The highest BCUT2D eigenvalue weighted by Gasteiger charge is 2.31. The molecule has 0 spiro atoms. The molecule has 2 aromatic heterocycles. The molecule has 25 heavy (non-hydrogen) atoms. The highest BCUT2D eigenvalue weighted by atomic mass is 19.4. The first kappa shape index (κ1) is 17.0. The zero-order valence-corrected chi connectivity index (χ0v) is 13.8. The summed E-state index contributed by atoms with van der Waals surface area (Å²) in [6.07, 6.45) is -1.50. The maximum absolute atomic E-state index is 12.2. The molecule has 1 N–H and O–H groups in total. The summed E-state index contributed by atoms with van der Waals surface area (Å²) in [5.74, 6) is 0.233. The number of aromatic nitrogens is 4. The molecule has 0 atom stereocenters. The van der Waals surface area contributed by atoms with Gasteiger partial charge in [-0.15, -0.1) is 13.2 Å². The molecule has 3 rings (SSSR count). The van der Waals surface area contributed by atoms with E-state index in [1.54, 1.807) is 4.68 Å². The Morgan fingerprint density at radius 2 is 1.72 bits per heavy atom. The Hall–Kier alpha value is -2.84. The summed E-state index contributed by atoms with van der Waals surface area (Å²) in [6.45, 7) is 6.04. The number of ether oxygens (including phenoxy) is 1. The zero-order chi connectivity index (χ0) is 18.2. The van der Waals surface area contributed by atoms with E-state index in [4.69, 9.17) is 0 Å². The molecule has 132 valence electrons. The Morgan fingerprint density at radius 1 is 1.04 bits per heavy atom. The van der Waals surface area contributed by atoms with E-state index in [9.17, 15) is 13.2 Å². The lowest BCUT2D eigenvalue weighted by Gasteiger charge is -2.18. The number of benzene rings is 1. The summed E-state index contributed by atoms with van der Waals surface area (Å²) >= 11 is 0. The molecule has 1 aromatic carbocycles. The minimum Gasteiger partial charge on any atom is -0.406 e. The van der Waals surface area contributed by atoms with Gasteiger partial charge in [0.15, 0.2) is 5.65 Å². The minimum absolute atomic E-state index is 0.214. The molecule has 6 nitrogen and oxygen atoms in total. The van der Waals surface area contributed by atoms with Crippen LogP contribution in [-0.2, 0) is 5.54 Å². The lowest BCUT2D eigenvalue weighted by atomic mass is 10.1. The van der Waals surface area contributed by atoms with Gasteiger partial charge in [0.05, 0.1) is 10.9 Å². The van der Waals surface area contributed by atoms with Crippen LogP contribution >= 0.6 is 0 Å². The van der Waals surface area contributed by atoms with Crippen molar-refractivity contribution in [2.75, 3.05) is 5.32 Å². The van der Waals surface area contributed by atoms with Gasteiger partial charge in [-0.3, -0.25) is 4.68 Å². The highest BCUT2D eigenvalue weighted by Crippen LogP contribution is 2.27. The van der Waals surface area contributed by atoms with Gasteiger partial charge < -0.3 is 10.1 Å². The van der Waals surface area contributed by atoms with E-state index in [2.05, 4.69) is 25.1 Å². The Kier molecular flexibility index (Phi) is 4.02. The van der Waals surface area contributed by atoms with E-state index in [1.165, 1.54) is 30.6 Å². The van der Waals surface area contributed by atoms with Crippen LogP contribution in [0.1, 0.15) is 20.8 Å². The van der Waals surface area contributed by atoms with E-state index in [0.29, 0.717) is 22.5 Å². The fourth-order valence-corrected chi connectivity index (χ4v) is 2.16. The number of halogens is 3. The molecule has 9 heteroatoms. The third-order valence-electron chi connectivity index (χ3n) is 3.35. The zero-order valence-electron chi connectivity index (χ0n) is 13.8. The van der Waals surface area contributed by atoms with Crippen LogP contribution in [0.4, 0.5) is 24.7 Å². The topological polar surface area (TPSA) is 64.9 Å². The van der Waals surface area contributed by atoms with Gasteiger partial charge in [-0.1, -0.05) is 0 Å². The minimum atomic E-state index is -4.71. The standard InChI is InChI=1S/C16H16F3N5O/c1-15(2,3)24-8-12-13(20-9-21-14(12)23-24)22-10-4-6-11(7-5-10)25-16(17,18)19/h4-9H,1-3H3,(H,20,21,22,23). The Bertz CT molecular complexity index is 881. The van der Waals surface area contributed by atoms with Gasteiger partial charge >= 0.3 is 6.36 Å². The molecule has 0 aliphatic rings. The summed E-state index contributed by atoms with van der Waals surface area (Å²) in [4.78, 5) is 8.34. The number of alkyl halides is 3. The van der Waals surface area contributed by atoms with Gasteiger partial charge in [-0.25, -0.2) is 9.97 Å². The third kappa shape index (κ3) is 3.98. The van der Waals surface area contributed by atoms with E-state index in [-0.39, 0.29) is 11.3 Å². The van der Waals surface area contributed by atoms with Gasteiger partial charge in [0, 0.05) is 11.9 Å². The molecule has 0 radical (unpaired) electrons. The fourth-order valence-electron chi connectivity index (χ4n) is 2.16. The Balaban J connectivity index is 1.86. The van der Waals surface area contributed by atoms with Crippen LogP contribution in [-0.4, -0.2) is 26.1 Å². The van der Waals surface area contributed by atoms with Crippen molar-refractivity contribution in [2.24, 2.45) is 0 Å². The average Bonchev–Trinajstić information content (AvgIpc) is 2.93. The largest absolute Gasteiger partial charge is 0.573 e. The molecule has 0 saturated heterocycles.